The van der Waals surface area contributed by atoms with Crippen molar-refractivity contribution in [1.29, 1.82) is 0 Å². The highest BCUT2D eigenvalue weighted by Crippen LogP contribution is 2.33. The molecular formula is C16H16O3S. The van der Waals surface area contributed by atoms with Crippen LogP contribution in [-0.4, -0.2) is 16.8 Å². The first-order valence-corrected chi connectivity index (χ1v) is 7.34. The van der Waals surface area contributed by atoms with Crippen LogP contribution >= 0.6 is 11.8 Å². The van der Waals surface area contributed by atoms with Crippen molar-refractivity contribution in [3.8, 4) is 11.5 Å². The molecule has 0 unspecified atom stereocenters. The highest BCUT2D eigenvalue weighted by molar-refractivity contribution is 7.99. The van der Waals surface area contributed by atoms with Gasteiger partial charge in [0, 0.05) is 4.90 Å². The minimum Gasteiger partial charge on any atom is -0.478 e. The lowest BCUT2D eigenvalue weighted by atomic mass is 10.2. The Morgan fingerprint density at radius 2 is 2.00 bits per heavy atom. The maximum atomic E-state index is 11.5. The molecule has 0 spiro atoms. The predicted molar refractivity (Wildman–Crippen MR) is 81.1 cm³/mol. The summed E-state index contributed by atoms with van der Waals surface area (Å²) < 4.78 is 5.74. The molecule has 0 aliphatic heterocycles. The Balaban J connectivity index is 2.40. The normalized spacial score (nSPS) is 10.3. The van der Waals surface area contributed by atoms with E-state index in [1.165, 1.54) is 11.8 Å². The van der Waals surface area contributed by atoms with Gasteiger partial charge in [-0.2, -0.15) is 0 Å². The van der Waals surface area contributed by atoms with E-state index < -0.39 is 5.97 Å². The quantitative estimate of drug-likeness (QED) is 0.817. The summed E-state index contributed by atoms with van der Waals surface area (Å²) in [5.41, 5.74) is 1.29. The van der Waals surface area contributed by atoms with Gasteiger partial charge in [-0.25, -0.2) is 4.79 Å². The van der Waals surface area contributed by atoms with Crippen LogP contribution in [0.15, 0.2) is 47.4 Å². The van der Waals surface area contributed by atoms with E-state index in [0.29, 0.717) is 11.5 Å². The summed E-state index contributed by atoms with van der Waals surface area (Å²) in [6, 6.07) is 12.9. The van der Waals surface area contributed by atoms with Crippen molar-refractivity contribution < 1.29 is 14.6 Å². The fourth-order valence-electron chi connectivity index (χ4n) is 1.89. The SMILES string of the molecule is CCSc1cccc(Oc2cccc(C)c2)c1C(=O)O. The molecule has 0 saturated carbocycles. The van der Waals surface area contributed by atoms with Gasteiger partial charge < -0.3 is 9.84 Å². The average molecular weight is 288 g/mol. The number of hydrogen-bond donors (Lipinski definition) is 1. The summed E-state index contributed by atoms with van der Waals surface area (Å²) in [5, 5.41) is 9.41. The molecule has 2 aromatic carbocycles. The van der Waals surface area contributed by atoms with Crippen LogP contribution < -0.4 is 4.74 Å². The third kappa shape index (κ3) is 3.33. The maximum absolute atomic E-state index is 11.5. The van der Waals surface area contributed by atoms with Gasteiger partial charge in [-0.05, 0) is 42.5 Å². The van der Waals surface area contributed by atoms with Crippen molar-refractivity contribution >= 4 is 17.7 Å². The molecular weight excluding hydrogens is 272 g/mol. The van der Waals surface area contributed by atoms with Crippen molar-refractivity contribution in [3.05, 3.63) is 53.6 Å². The molecule has 0 saturated heterocycles. The number of carboxylic acid groups (broad SMARTS) is 1. The fraction of sp³-hybridized carbons (Fsp3) is 0.188. The Morgan fingerprint density at radius 3 is 2.65 bits per heavy atom. The summed E-state index contributed by atoms with van der Waals surface area (Å²) in [7, 11) is 0. The smallest absolute Gasteiger partial charge is 0.340 e. The number of aryl methyl sites for hydroxylation is 1. The van der Waals surface area contributed by atoms with Gasteiger partial charge in [0.2, 0.25) is 0 Å². The second-order valence-electron chi connectivity index (χ2n) is 4.29. The summed E-state index contributed by atoms with van der Waals surface area (Å²) in [6.07, 6.45) is 0. The maximum Gasteiger partial charge on any atom is 0.340 e. The van der Waals surface area contributed by atoms with Crippen molar-refractivity contribution in [2.45, 2.75) is 18.7 Å². The topological polar surface area (TPSA) is 46.5 Å². The lowest BCUT2D eigenvalue weighted by Crippen LogP contribution is -2.02. The van der Waals surface area contributed by atoms with Crippen molar-refractivity contribution in [2.24, 2.45) is 0 Å². The zero-order valence-electron chi connectivity index (χ0n) is 11.4. The first kappa shape index (κ1) is 14.5. The van der Waals surface area contributed by atoms with Crippen molar-refractivity contribution in [1.82, 2.24) is 0 Å². The molecule has 2 rings (SSSR count). The van der Waals surface area contributed by atoms with Gasteiger partial charge in [0.1, 0.15) is 17.1 Å². The van der Waals surface area contributed by atoms with Crippen LogP contribution in [0, 0.1) is 6.92 Å². The van der Waals surface area contributed by atoms with E-state index in [1.54, 1.807) is 12.1 Å². The highest BCUT2D eigenvalue weighted by atomic mass is 32.2. The van der Waals surface area contributed by atoms with Crippen LogP contribution in [-0.2, 0) is 0 Å². The zero-order chi connectivity index (χ0) is 14.5. The molecule has 0 aliphatic rings. The number of aromatic carboxylic acids is 1. The number of carboxylic acids is 1. The molecule has 3 nitrogen and oxygen atoms in total. The number of thioether (sulfide) groups is 1. The molecule has 0 fully saturated rings. The fourth-order valence-corrected chi connectivity index (χ4v) is 2.71. The summed E-state index contributed by atoms with van der Waals surface area (Å²) in [5.74, 6) is 0.866. The Kier molecular flexibility index (Phi) is 4.69. The molecule has 20 heavy (non-hydrogen) atoms. The number of carbonyl (C=O) groups is 1. The third-order valence-corrected chi connectivity index (χ3v) is 3.66. The van der Waals surface area contributed by atoms with E-state index in [4.69, 9.17) is 4.74 Å². The van der Waals surface area contributed by atoms with Gasteiger partial charge in [-0.3, -0.25) is 0 Å². The van der Waals surface area contributed by atoms with Crippen molar-refractivity contribution in [3.63, 3.8) is 0 Å². The van der Waals surface area contributed by atoms with Crippen molar-refractivity contribution in [2.75, 3.05) is 5.75 Å². The number of hydrogen-bond acceptors (Lipinski definition) is 3. The molecule has 104 valence electrons. The molecule has 1 N–H and O–H groups in total. The monoisotopic (exact) mass is 288 g/mol. The van der Waals surface area contributed by atoms with Gasteiger partial charge in [0.15, 0.2) is 0 Å². The average Bonchev–Trinajstić information content (AvgIpc) is 2.39. The van der Waals surface area contributed by atoms with E-state index >= 15 is 0 Å². The van der Waals surface area contributed by atoms with Gasteiger partial charge in [-0.15, -0.1) is 11.8 Å². The Morgan fingerprint density at radius 1 is 1.25 bits per heavy atom. The zero-order valence-corrected chi connectivity index (χ0v) is 12.2. The van der Waals surface area contributed by atoms with Gasteiger partial charge in [0.25, 0.3) is 0 Å². The Labute approximate surface area is 122 Å². The standard InChI is InChI=1S/C16H16O3S/c1-3-20-14-9-5-8-13(15(14)16(17)18)19-12-7-4-6-11(2)10-12/h4-10H,3H2,1-2H3,(H,17,18). The van der Waals surface area contributed by atoms with E-state index in [-0.39, 0.29) is 5.56 Å². The minimum absolute atomic E-state index is 0.223. The molecule has 0 atom stereocenters. The van der Waals surface area contributed by atoms with Crippen LogP contribution in [0.1, 0.15) is 22.8 Å². The van der Waals surface area contributed by atoms with E-state index in [9.17, 15) is 9.90 Å². The molecule has 0 aliphatic carbocycles. The van der Waals surface area contributed by atoms with Gasteiger partial charge in [0.05, 0.1) is 0 Å². The molecule has 0 aromatic heterocycles. The highest BCUT2D eigenvalue weighted by Gasteiger charge is 2.17. The first-order chi connectivity index (χ1) is 9.61. The number of benzene rings is 2. The predicted octanol–water partition coefficient (Wildman–Crippen LogP) is 4.60. The molecule has 0 amide bonds. The summed E-state index contributed by atoms with van der Waals surface area (Å²) >= 11 is 1.50. The van der Waals surface area contributed by atoms with Crippen LogP contribution in [0.4, 0.5) is 0 Å². The van der Waals surface area contributed by atoms with E-state index in [0.717, 1.165) is 16.2 Å². The molecule has 0 bridgehead atoms. The largest absolute Gasteiger partial charge is 0.478 e. The van der Waals surface area contributed by atoms with E-state index in [1.807, 2.05) is 44.2 Å². The van der Waals surface area contributed by atoms with Crippen LogP contribution in [0.2, 0.25) is 0 Å². The number of rotatable bonds is 5. The minimum atomic E-state index is -0.968. The van der Waals surface area contributed by atoms with Gasteiger partial charge >= 0.3 is 5.97 Å². The molecule has 0 radical (unpaired) electrons. The summed E-state index contributed by atoms with van der Waals surface area (Å²) in [6.45, 7) is 3.96. The lowest BCUT2D eigenvalue weighted by molar-refractivity contribution is 0.0690. The second kappa shape index (κ2) is 6.48. The van der Waals surface area contributed by atoms with Crippen LogP contribution in [0.3, 0.4) is 0 Å². The molecule has 0 heterocycles. The van der Waals surface area contributed by atoms with Crippen LogP contribution in [0.5, 0.6) is 11.5 Å². The first-order valence-electron chi connectivity index (χ1n) is 6.35. The van der Waals surface area contributed by atoms with E-state index in [2.05, 4.69) is 0 Å². The second-order valence-corrected chi connectivity index (χ2v) is 5.59. The summed E-state index contributed by atoms with van der Waals surface area (Å²) in [4.78, 5) is 12.2. The van der Waals surface area contributed by atoms with Crippen LogP contribution in [0.25, 0.3) is 0 Å². The number of ether oxygens (including phenoxy) is 1. The van der Waals surface area contributed by atoms with Gasteiger partial charge in [-0.1, -0.05) is 25.1 Å². The molecule has 2 aromatic rings. The Hall–Kier alpha value is -1.94. The third-order valence-electron chi connectivity index (χ3n) is 2.72. The Bertz CT molecular complexity index is 623. The molecule has 4 heteroatoms. The lowest BCUT2D eigenvalue weighted by Gasteiger charge is -2.12.